The van der Waals surface area contributed by atoms with E-state index in [9.17, 15) is 13.2 Å². The first-order valence-electron chi connectivity index (χ1n) is 3.74. The normalized spacial score (nSPS) is 14.1. The van der Waals surface area contributed by atoms with Crippen LogP contribution in [0.25, 0.3) is 0 Å². The van der Waals surface area contributed by atoms with Crippen LogP contribution in [0, 0.1) is 0 Å². The summed E-state index contributed by atoms with van der Waals surface area (Å²) in [7, 11) is 0. The van der Waals surface area contributed by atoms with E-state index in [1.165, 1.54) is 12.1 Å². The molecule has 14 heavy (non-hydrogen) atoms. The van der Waals surface area contributed by atoms with Crippen LogP contribution in [0.2, 0.25) is 0 Å². The standard InChI is InChI=1S/C8H7ClF3NO/c9-6(4-14)5-2-1-3-13-7(5)8(10,11)12/h1-3,6,14H,4H2. The number of aliphatic hydroxyl groups is 1. The number of aliphatic hydroxyl groups excluding tert-OH is 1. The molecule has 0 amide bonds. The van der Waals surface area contributed by atoms with Crippen molar-refractivity contribution in [3.8, 4) is 0 Å². The van der Waals surface area contributed by atoms with Gasteiger partial charge in [0, 0.05) is 11.8 Å². The van der Waals surface area contributed by atoms with Gasteiger partial charge in [-0.15, -0.1) is 11.6 Å². The van der Waals surface area contributed by atoms with Gasteiger partial charge in [-0.05, 0) is 6.07 Å². The molecule has 0 fully saturated rings. The van der Waals surface area contributed by atoms with E-state index in [4.69, 9.17) is 16.7 Å². The van der Waals surface area contributed by atoms with Gasteiger partial charge < -0.3 is 5.11 Å². The highest BCUT2D eigenvalue weighted by atomic mass is 35.5. The fraction of sp³-hybridized carbons (Fsp3) is 0.375. The molecule has 0 aromatic carbocycles. The van der Waals surface area contributed by atoms with Gasteiger partial charge in [-0.25, -0.2) is 0 Å². The summed E-state index contributed by atoms with van der Waals surface area (Å²) in [5.74, 6) is 0. The largest absolute Gasteiger partial charge is 0.433 e. The number of aromatic nitrogens is 1. The van der Waals surface area contributed by atoms with E-state index < -0.39 is 23.9 Å². The molecule has 1 heterocycles. The lowest BCUT2D eigenvalue weighted by Gasteiger charge is -2.13. The van der Waals surface area contributed by atoms with Gasteiger partial charge in [0.2, 0.25) is 0 Å². The Morgan fingerprint density at radius 3 is 2.64 bits per heavy atom. The first-order chi connectivity index (χ1) is 6.46. The minimum absolute atomic E-state index is 0.204. The molecule has 1 rings (SSSR count). The SMILES string of the molecule is OCC(Cl)c1cccnc1C(F)(F)F. The van der Waals surface area contributed by atoms with Crippen molar-refractivity contribution in [3.63, 3.8) is 0 Å². The van der Waals surface area contributed by atoms with E-state index in [0.717, 1.165) is 6.20 Å². The molecule has 0 aliphatic rings. The fourth-order valence-electron chi connectivity index (χ4n) is 1.01. The van der Waals surface area contributed by atoms with E-state index >= 15 is 0 Å². The van der Waals surface area contributed by atoms with Crippen molar-refractivity contribution in [1.29, 1.82) is 0 Å². The first-order valence-corrected chi connectivity index (χ1v) is 4.17. The molecule has 78 valence electrons. The smallest absolute Gasteiger partial charge is 0.394 e. The summed E-state index contributed by atoms with van der Waals surface area (Å²) in [5, 5.41) is 7.57. The molecule has 0 saturated carbocycles. The summed E-state index contributed by atoms with van der Waals surface area (Å²) in [4.78, 5) is 3.20. The zero-order chi connectivity index (χ0) is 10.8. The number of hydrogen-bond acceptors (Lipinski definition) is 2. The molecule has 0 aliphatic heterocycles. The molecule has 1 aromatic heterocycles. The van der Waals surface area contributed by atoms with Crippen molar-refractivity contribution in [3.05, 3.63) is 29.6 Å². The molecule has 1 atom stereocenters. The van der Waals surface area contributed by atoms with Gasteiger partial charge in [0.05, 0.1) is 12.0 Å². The monoisotopic (exact) mass is 225 g/mol. The molecule has 0 aliphatic carbocycles. The van der Waals surface area contributed by atoms with Gasteiger partial charge in [-0.2, -0.15) is 13.2 Å². The number of pyridine rings is 1. The van der Waals surface area contributed by atoms with Crippen LogP contribution in [-0.4, -0.2) is 16.7 Å². The predicted molar refractivity (Wildman–Crippen MR) is 44.9 cm³/mol. The Labute approximate surface area is 83.3 Å². The Bertz CT molecular complexity index is 316. The first kappa shape index (κ1) is 11.3. The summed E-state index contributed by atoms with van der Waals surface area (Å²) >= 11 is 5.51. The van der Waals surface area contributed by atoms with Crippen molar-refractivity contribution in [1.82, 2.24) is 4.98 Å². The average Bonchev–Trinajstić information content (AvgIpc) is 2.15. The van der Waals surface area contributed by atoms with Gasteiger partial charge in [0.25, 0.3) is 0 Å². The third-order valence-electron chi connectivity index (χ3n) is 1.61. The maximum absolute atomic E-state index is 12.3. The van der Waals surface area contributed by atoms with E-state index in [2.05, 4.69) is 4.98 Å². The lowest BCUT2D eigenvalue weighted by Crippen LogP contribution is -2.13. The van der Waals surface area contributed by atoms with Crippen LogP contribution >= 0.6 is 11.6 Å². The van der Waals surface area contributed by atoms with Crippen LogP contribution in [0.15, 0.2) is 18.3 Å². The summed E-state index contributed by atoms with van der Waals surface area (Å²) in [6, 6.07) is 2.54. The molecule has 6 heteroatoms. The Morgan fingerprint density at radius 2 is 2.14 bits per heavy atom. The maximum Gasteiger partial charge on any atom is 0.433 e. The Balaban J connectivity index is 3.16. The summed E-state index contributed by atoms with van der Waals surface area (Å²) in [5.41, 5.74) is -1.25. The second kappa shape index (κ2) is 4.14. The number of rotatable bonds is 2. The van der Waals surface area contributed by atoms with Crippen molar-refractivity contribution < 1.29 is 18.3 Å². The molecule has 0 saturated heterocycles. The number of nitrogens with zero attached hydrogens (tertiary/aromatic N) is 1. The molecule has 0 spiro atoms. The third kappa shape index (κ3) is 2.36. The van der Waals surface area contributed by atoms with Gasteiger partial charge >= 0.3 is 6.18 Å². The van der Waals surface area contributed by atoms with Crippen LogP contribution in [0.3, 0.4) is 0 Å². The van der Waals surface area contributed by atoms with E-state index in [1.54, 1.807) is 0 Å². The van der Waals surface area contributed by atoms with Crippen molar-refractivity contribution in [2.24, 2.45) is 0 Å². The Hall–Kier alpha value is -0.810. The second-order valence-electron chi connectivity index (χ2n) is 2.59. The van der Waals surface area contributed by atoms with Crippen molar-refractivity contribution >= 4 is 11.6 Å². The molecule has 1 aromatic rings. The van der Waals surface area contributed by atoms with Gasteiger partial charge in [-0.3, -0.25) is 4.98 Å². The molecule has 0 bridgehead atoms. The maximum atomic E-state index is 12.3. The number of alkyl halides is 4. The zero-order valence-electron chi connectivity index (χ0n) is 6.92. The minimum atomic E-state index is -4.54. The topological polar surface area (TPSA) is 33.1 Å². The summed E-state index contributed by atoms with van der Waals surface area (Å²) < 4.78 is 37.0. The van der Waals surface area contributed by atoms with Crippen LogP contribution in [0.1, 0.15) is 16.6 Å². The zero-order valence-corrected chi connectivity index (χ0v) is 7.68. The van der Waals surface area contributed by atoms with E-state index in [0.29, 0.717) is 0 Å². The molecule has 0 radical (unpaired) electrons. The number of hydrogen-bond donors (Lipinski definition) is 1. The molecule has 1 unspecified atom stereocenters. The number of halogens is 4. The van der Waals surface area contributed by atoms with Gasteiger partial charge in [0.15, 0.2) is 0 Å². The van der Waals surface area contributed by atoms with Crippen molar-refractivity contribution in [2.45, 2.75) is 11.6 Å². The third-order valence-corrected chi connectivity index (χ3v) is 1.98. The van der Waals surface area contributed by atoms with Crippen LogP contribution in [0.5, 0.6) is 0 Å². The highest BCUT2D eigenvalue weighted by Crippen LogP contribution is 2.34. The van der Waals surface area contributed by atoms with Crippen LogP contribution in [0.4, 0.5) is 13.2 Å². The van der Waals surface area contributed by atoms with Crippen molar-refractivity contribution in [2.75, 3.05) is 6.61 Å². The summed E-state index contributed by atoms with van der Waals surface area (Å²) in [6.45, 7) is -0.559. The highest BCUT2D eigenvalue weighted by Gasteiger charge is 2.36. The molecular weight excluding hydrogens is 219 g/mol. The minimum Gasteiger partial charge on any atom is -0.394 e. The summed E-state index contributed by atoms with van der Waals surface area (Å²) in [6.07, 6.45) is -3.51. The fourth-order valence-corrected chi connectivity index (χ4v) is 1.18. The highest BCUT2D eigenvalue weighted by molar-refractivity contribution is 6.21. The predicted octanol–water partition coefficient (Wildman–Crippen LogP) is 2.37. The van der Waals surface area contributed by atoms with E-state index in [-0.39, 0.29) is 5.56 Å². The van der Waals surface area contributed by atoms with Crippen LogP contribution < -0.4 is 0 Å². The molecular formula is C8H7ClF3NO. The molecule has 2 nitrogen and oxygen atoms in total. The van der Waals surface area contributed by atoms with Gasteiger partial charge in [-0.1, -0.05) is 6.07 Å². The second-order valence-corrected chi connectivity index (χ2v) is 3.12. The lowest BCUT2D eigenvalue weighted by atomic mass is 10.1. The average molecular weight is 226 g/mol. The molecule has 1 N–H and O–H groups in total. The van der Waals surface area contributed by atoms with Gasteiger partial charge in [0.1, 0.15) is 5.69 Å². The van der Waals surface area contributed by atoms with E-state index in [1.807, 2.05) is 0 Å². The Morgan fingerprint density at radius 1 is 1.50 bits per heavy atom. The lowest BCUT2D eigenvalue weighted by molar-refractivity contribution is -0.141. The van der Waals surface area contributed by atoms with Crippen LogP contribution in [-0.2, 0) is 6.18 Å². The quantitative estimate of drug-likeness (QED) is 0.784. The Kier molecular flexibility index (Phi) is 3.34.